The monoisotopic (exact) mass is 427 g/mol. The van der Waals surface area contributed by atoms with Crippen molar-refractivity contribution in [2.24, 2.45) is 10.9 Å². The number of amides is 1. The molecule has 0 aromatic heterocycles. The molecule has 0 radical (unpaired) electrons. The Morgan fingerprint density at radius 1 is 0.933 bits per heavy atom. The van der Waals surface area contributed by atoms with Crippen molar-refractivity contribution in [1.29, 1.82) is 0 Å². The molecular formula is C20H17N3O6S. The van der Waals surface area contributed by atoms with E-state index in [1.807, 2.05) is 0 Å². The van der Waals surface area contributed by atoms with Crippen LogP contribution < -0.4 is 21.3 Å². The first-order valence-corrected chi connectivity index (χ1v) is 9.98. The number of primary amides is 1. The Morgan fingerprint density at radius 3 is 2.17 bits per heavy atom. The largest absolute Gasteiger partial charge is 0.478 e. The van der Waals surface area contributed by atoms with Crippen molar-refractivity contribution < 1.29 is 27.9 Å². The third-order valence-corrected chi connectivity index (χ3v) is 5.16. The molecule has 9 nitrogen and oxygen atoms in total. The van der Waals surface area contributed by atoms with Gasteiger partial charge in [-0.25, -0.2) is 18.4 Å². The molecule has 30 heavy (non-hydrogen) atoms. The van der Waals surface area contributed by atoms with Crippen LogP contribution >= 0.6 is 0 Å². The van der Waals surface area contributed by atoms with E-state index < -0.39 is 21.9 Å². The smallest absolute Gasteiger partial charge is 0.335 e. The predicted molar refractivity (Wildman–Crippen MR) is 110 cm³/mol. The summed E-state index contributed by atoms with van der Waals surface area (Å²) in [5.41, 5.74) is 12.5. The number of nitrogens with two attached hydrogens (primary N) is 3. The molecule has 7 N–H and O–H groups in total. The molecule has 10 heteroatoms. The number of nitrogen functional groups attached to an aromatic ring is 1. The lowest BCUT2D eigenvalue weighted by atomic mass is 9.99. The fourth-order valence-corrected chi connectivity index (χ4v) is 3.30. The zero-order chi connectivity index (χ0) is 22.1. The van der Waals surface area contributed by atoms with Crippen LogP contribution in [0.15, 0.2) is 65.6 Å². The van der Waals surface area contributed by atoms with Crippen LogP contribution in [0.5, 0.6) is 11.5 Å². The second kappa shape index (κ2) is 7.85. The molecule has 0 bridgehead atoms. The molecule has 0 atom stereocenters. The summed E-state index contributed by atoms with van der Waals surface area (Å²) in [6.45, 7) is 0. The van der Waals surface area contributed by atoms with Crippen molar-refractivity contribution in [3.63, 3.8) is 0 Å². The predicted octanol–water partition coefficient (Wildman–Crippen LogP) is 2.17. The van der Waals surface area contributed by atoms with Crippen LogP contribution in [-0.2, 0) is 10.0 Å². The van der Waals surface area contributed by atoms with Crippen molar-refractivity contribution in [1.82, 2.24) is 0 Å². The van der Waals surface area contributed by atoms with Gasteiger partial charge in [0.2, 0.25) is 10.0 Å². The normalized spacial score (nSPS) is 11.1. The second-order valence-electron chi connectivity index (χ2n) is 6.30. The quantitative estimate of drug-likeness (QED) is 0.436. The van der Waals surface area contributed by atoms with Gasteiger partial charge in [-0.3, -0.25) is 4.79 Å². The van der Waals surface area contributed by atoms with E-state index in [1.54, 1.807) is 6.07 Å². The summed E-state index contributed by atoms with van der Waals surface area (Å²) in [5.74, 6) is -1.50. The molecule has 3 aromatic carbocycles. The Balaban J connectivity index is 2.08. The molecule has 0 aliphatic rings. The fourth-order valence-electron chi connectivity index (χ4n) is 2.78. The van der Waals surface area contributed by atoms with Gasteiger partial charge in [-0.2, -0.15) is 0 Å². The number of anilines is 1. The number of carbonyl (C=O) groups is 2. The third-order valence-electron chi connectivity index (χ3n) is 4.23. The maximum Gasteiger partial charge on any atom is 0.335 e. The van der Waals surface area contributed by atoms with Crippen molar-refractivity contribution in [3.8, 4) is 22.6 Å². The standard InChI is InChI=1S/C20H17N3O6S/c21-18-16(11-4-6-15(7-5-11)30(23,27)28)9-14(10-17(18)19(22)24)29-13-3-1-2-12(8-13)20(25)26/h1-10H,21H2,(H2,22,24)(H,25,26)(H2,23,27,28). The van der Waals surface area contributed by atoms with Crippen LogP contribution in [0.3, 0.4) is 0 Å². The molecule has 0 fully saturated rings. The van der Waals surface area contributed by atoms with Gasteiger partial charge in [0, 0.05) is 5.56 Å². The average Bonchev–Trinajstić information content (AvgIpc) is 2.68. The summed E-state index contributed by atoms with van der Waals surface area (Å²) < 4.78 is 28.6. The molecule has 0 aliphatic heterocycles. The molecule has 3 rings (SSSR count). The minimum atomic E-state index is -3.87. The third kappa shape index (κ3) is 4.40. The highest BCUT2D eigenvalue weighted by atomic mass is 32.2. The van der Waals surface area contributed by atoms with Crippen LogP contribution in [0.1, 0.15) is 20.7 Å². The number of rotatable bonds is 6. The number of carboxylic acids is 1. The number of hydrogen-bond donors (Lipinski definition) is 4. The number of benzene rings is 3. The van der Waals surface area contributed by atoms with Crippen LogP contribution in [0, 0.1) is 0 Å². The molecule has 0 saturated heterocycles. The number of primary sulfonamides is 1. The first-order chi connectivity index (χ1) is 14.1. The molecule has 3 aromatic rings. The highest BCUT2D eigenvalue weighted by Gasteiger charge is 2.16. The zero-order valence-electron chi connectivity index (χ0n) is 15.4. The molecule has 0 unspecified atom stereocenters. The van der Waals surface area contributed by atoms with Crippen molar-refractivity contribution in [2.45, 2.75) is 4.90 Å². The van der Waals surface area contributed by atoms with E-state index in [0.717, 1.165) is 0 Å². The lowest BCUT2D eigenvalue weighted by Gasteiger charge is -2.14. The topological polar surface area (TPSA) is 176 Å². The average molecular weight is 427 g/mol. The summed E-state index contributed by atoms with van der Waals surface area (Å²) in [5, 5.41) is 14.2. The summed E-state index contributed by atoms with van der Waals surface area (Å²) in [6.07, 6.45) is 0. The van der Waals surface area contributed by atoms with Gasteiger partial charge in [0.15, 0.2) is 0 Å². The van der Waals surface area contributed by atoms with E-state index in [2.05, 4.69) is 0 Å². The van der Waals surface area contributed by atoms with Gasteiger partial charge in [-0.05, 0) is 48.0 Å². The molecule has 0 aliphatic carbocycles. The van der Waals surface area contributed by atoms with E-state index in [1.165, 1.54) is 54.6 Å². The Morgan fingerprint density at radius 2 is 1.60 bits per heavy atom. The number of ether oxygens (including phenoxy) is 1. The SMILES string of the molecule is NC(=O)c1cc(Oc2cccc(C(=O)O)c2)cc(-c2ccc(S(N)(=O)=O)cc2)c1N. The van der Waals surface area contributed by atoms with E-state index in [0.29, 0.717) is 11.1 Å². The van der Waals surface area contributed by atoms with Crippen LogP contribution in [0.4, 0.5) is 5.69 Å². The highest BCUT2D eigenvalue weighted by Crippen LogP contribution is 2.35. The summed E-state index contributed by atoms with van der Waals surface area (Å²) in [6, 6.07) is 14.2. The van der Waals surface area contributed by atoms with Gasteiger partial charge < -0.3 is 21.3 Å². The zero-order valence-corrected chi connectivity index (χ0v) is 16.2. The first-order valence-electron chi connectivity index (χ1n) is 8.44. The number of carbonyl (C=O) groups excluding carboxylic acids is 1. The minimum absolute atomic E-state index is 0.00703. The van der Waals surface area contributed by atoms with Crippen molar-refractivity contribution >= 4 is 27.6 Å². The molecule has 154 valence electrons. The molecule has 1 amide bonds. The van der Waals surface area contributed by atoms with Crippen LogP contribution in [-0.4, -0.2) is 25.4 Å². The number of sulfonamides is 1. The number of hydrogen-bond acceptors (Lipinski definition) is 6. The molecule has 0 spiro atoms. The van der Waals surface area contributed by atoms with E-state index in [4.69, 9.17) is 26.4 Å². The van der Waals surface area contributed by atoms with Gasteiger partial charge in [0.25, 0.3) is 5.91 Å². The Bertz CT molecular complexity index is 1250. The number of aromatic carboxylic acids is 1. The van der Waals surface area contributed by atoms with Crippen molar-refractivity contribution in [3.05, 3.63) is 71.8 Å². The van der Waals surface area contributed by atoms with E-state index >= 15 is 0 Å². The molecule has 0 heterocycles. The Kier molecular flexibility index (Phi) is 5.45. The van der Waals surface area contributed by atoms with Crippen LogP contribution in [0.25, 0.3) is 11.1 Å². The summed E-state index contributed by atoms with van der Waals surface area (Å²) >= 11 is 0. The maximum absolute atomic E-state index is 11.9. The molecular weight excluding hydrogens is 410 g/mol. The first kappa shape index (κ1) is 20.8. The van der Waals surface area contributed by atoms with Gasteiger partial charge in [0.1, 0.15) is 11.5 Å². The Labute approximate surface area is 171 Å². The van der Waals surface area contributed by atoms with Crippen molar-refractivity contribution in [2.75, 3.05) is 5.73 Å². The van der Waals surface area contributed by atoms with Gasteiger partial charge in [-0.15, -0.1) is 0 Å². The summed E-state index contributed by atoms with van der Waals surface area (Å²) in [4.78, 5) is 22.9. The van der Waals surface area contributed by atoms with Gasteiger partial charge in [-0.1, -0.05) is 18.2 Å². The van der Waals surface area contributed by atoms with Gasteiger partial charge in [0.05, 0.1) is 21.7 Å². The van der Waals surface area contributed by atoms with Crippen LogP contribution in [0.2, 0.25) is 0 Å². The maximum atomic E-state index is 11.9. The lowest BCUT2D eigenvalue weighted by Crippen LogP contribution is -2.14. The van der Waals surface area contributed by atoms with Gasteiger partial charge >= 0.3 is 5.97 Å². The second-order valence-corrected chi connectivity index (χ2v) is 7.86. The summed E-state index contributed by atoms with van der Waals surface area (Å²) in [7, 11) is -3.87. The highest BCUT2D eigenvalue weighted by molar-refractivity contribution is 7.89. The lowest BCUT2D eigenvalue weighted by molar-refractivity contribution is 0.0696. The minimum Gasteiger partial charge on any atom is -0.478 e. The number of carboxylic acid groups (broad SMARTS) is 1. The molecule has 0 saturated carbocycles. The van der Waals surface area contributed by atoms with E-state index in [9.17, 15) is 18.0 Å². The Hall–Kier alpha value is -3.89. The van der Waals surface area contributed by atoms with E-state index in [-0.39, 0.29) is 33.2 Å². The fraction of sp³-hybridized carbons (Fsp3) is 0.